The largest absolute Gasteiger partial charge is 0.469 e. The minimum atomic E-state index is -3.65. The molecule has 0 aliphatic carbocycles. The second kappa shape index (κ2) is 4.85. The van der Waals surface area contributed by atoms with E-state index < -0.39 is 22.2 Å². The number of nitrogens with zero attached hydrogens (tertiary/aromatic N) is 2. The Bertz CT molecular complexity index is 461. The van der Waals surface area contributed by atoms with Gasteiger partial charge in [0.1, 0.15) is 6.04 Å². The molecule has 0 radical (unpaired) electrons. The SMILES string of the molecule is COC(=O)CCCN1C(=O)[C@@H]2CCCN2S1(=O)=O. The molecule has 0 bridgehead atoms. The maximum Gasteiger partial charge on any atom is 0.307 e. The molecule has 2 heterocycles. The van der Waals surface area contributed by atoms with E-state index in [9.17, 15) is 18.0 Å². The quantitative estimate of drug-likeness (QED) is 0.646. The van der Waals surface area contributed by atoms with Gasteiger partial charge in [-0.05, 0) is 19.3 Å². The average Bonchev–Trinajstić information content (AvgIpc) is 2.87. The number of methoxy groups -OCH3 is 1. The fourth-order valence-corrected chi connectivity index (χ4v) is 4.20. The summed E-state index contributed by atoms with van der Waals surface area (Å²) in [5, 5.41) is 0. The lowest BCUT2D eigenvalue weighted by atomic mass is 10.2. The predicted octanol–water partition coefficient (Wildman–Crippen LogP) is -0.509. The van der Waals surface area contributed by atoms with Crippen LogP contribution in [0.25, 0.3) is 0 Å². The molecule has 1 amide bonds. The Morgan fingerprint density at radius 1 is 1.50 bits per heavy atom. The van der Waals surface area contributed by atoms with E-state index in [1.54, 1.807) is 0 Å². The minimum Gasteiger partial charge on any atom is -0.469 e. The van der Waals surface area contributed by atoms with Gasteiger partial charge in [0.2, 0.25) is 0 Å². The van der Waals surface area contributed by atoms with Gasteiger partial charge in [-0.25, -0.2) is 4.31 Å². The maximum absolute atomic E-state index is 12.0. The van der Waals surface area contributed by atoms with Crippen LogP contribution >= 0.6 is 0 Å². The van der Waals surface area contributed by atoms with Crippen molar-refractivity contribution in [1.29, 1.82) is 0 Å². The third kappa shape index (κ3) is 2.10. The van der Waals surface area contributed by atoms with Gasteiger partial charge >= 0.3 is 16.2 Å². The highest BCUT2D eigenvalue weighted by atomic mass is 32.2. The molecule has 1 atom stereocenters. The van der Waals surface area contributed by atoms with E-state index in [0.717, 1.165) is 10.7 Å². The smallest absolute Gasteiger partial charge is 0.307 e. The lowest BCUT2D eigenvalue weighted by molar-refractivity contribution is -0.141. The fourth-order valence-electron chi connectivity index (χ4n) is 2.36. The summed E-state index contributed by atoms with van der Waals surface area (Å²) >= 11 is 0. The molecule has 7 nitrogen and oxygen atoms in total. The Hall–Kier alpha value is -1.15. The van der Waals surface area contributed by atoms with E-state index in [4.69, 9.17) is 0 Å². The topological polar surface area (TPSA) is 84.0 Å². The molecule has 0 spiro atoms. The van der Waals surface area contributed by atoms with Gasteiger partial charge in [0.05, 0.1) is 7.11 Å². The Kier molecular flexibility index (Phi) is 3.58. The molecule has 0 aromatic carbocycles. The summed E-state index contributed by atoms with van der Waals surface area (Å²) in [6, 6.07) is -0.520. The second-order valence-electron chi connectivity index (χ2n) is 4.37. The number of hydrogen-bond acceptors (Lipinski definition) is 5. The van der Waals surface area contributed by atoms with E-state index in [0.29, 0.717) is 13.0 Å². The van der Waals surface area contributed by atoms with Gasteiger partial charge in [0, 0.05) is 19.5 Å². The summed E-state index contributed by atoms with van der Waals surface area (Å²) in [6.07, 6.45) is 1.72. The molecule has 2 saturated heterocycles. The summed E-state index contributed by atoms with van der Waals surface area (Å²) in [4.78, 5) is 22.9. The Morgan fingerprint density at radius 2 is 2.22 bits per heavy atom. The van der Waals surface area contributed by atoms with E-state index in [2.05, 4.69) is 4.74 Å². The first-order chi connectivity index (χ1) is 8.48. The van der Waals surface area contributed by atoms with Crippen LogP contribution < -0.4 is 0 Å². The molecule has 0 N–H and O–H groups in total. The zero-order valence-electron chi connectivity index (χ0n) is 10.2. The van der Waals surface area contributed by atoms with Gasteiger partial charge in [-0.3, -0.25) is 9.59 Å². The number of carbonyl (C=O) groups is 2. The number of fused-ring (bicyclic) bond motifs is 1. The maximum atomic E-state index is 12.0. The van der Waals surface area contributed by atoms with Crippen LogP contribution in [-0.2, 0) is 24.5 Å². The van der Waals surface area contributed by atoms with E-state index in [-0.39, 0.29) is 25.3 Å². The van der Waals surface area contributed by atoms with E-state index >= 15 is 0 Å². The Morgan fingerprint density at radius 3 is 2.83 bits per heavy atom. The summed E-state index contributed by atoms with van der Waals surface area (Å²) in [5.74, 6) is -0.767. The van der Waals surface area contributed by atoms with Crippen LogP contribution in [0, 0.1) is 0 Å². The van der Waals surface area contributed by atoms with Crippen molar-refractivity contribution in [3.8, 4) is 0 Å². The van der Waals surface area contributed by atoms with Crippen molar-refractivity contribution in [2.45, 2.75) is 31.7 Å². The second-order valence-corrected chi connectivity index (χ2v) is 6.17. The fraction of sp³-hybridized carbons (Fsp3) is 0.800. The number of esters is 1. The zero-order valence-corrected chi connectivity index (χ0v) is 11.0. The van der Waals surface area contributed by atoms with Crippen molar-refractivity contribution >= 4 is 22.1 Å². The molecule has 0 aromatic rings. The van der Waals surface area contributed by atoms with Crippen LogP contribution in [0.3, 0.4) is 0 Å². The third-order valence-electron chi connectivity index (χ3n) is 3.28. The van der Waals surface area contributed by atoms with Crippen molar-refractivity contribution in [2.24, 2.45) is 0 Å². The van der Waals surface area contributed by atoms with Crippen molar-refractivity contribution in [1.82, 2.24) is 8.61 Å². The van der Waals surface area contributed by atoms with Gasteiger partial charge in [0.25, 0.3) is 5.91 Å². The lowest BCUT2D eigenvalue weighted by Gasteiger charge is -2.16. The molecule has 2 aliphatic heterocycles. The number of carbonyl (C=O) groups excluding carboxylic acids is 2. The molecular weight excluding hydrogens is 260 g/mol. The molecule has 18 heavy (non-hydrogen) atoms. The molecule has 2 aliphatic rings. The first kappa shape index (κ1) is 13.3. The monoisotopic (exact) mass is 276 g/mol. The Labute approximate surface area is 106 Å². The van der Waals surface area contributed by atoms with Crippen molar-refractivity contribution in [3.63, 3.8) is 0 Å². The van der Waals surface area contributed by atoms with Gasteiger partial charge in [0.15, 0.2) is 0 Å². The van der Waals surface area contributed by atoms with Crippen LogP contribution in [0.15, 0.2) is 0 Å². The molecule has 102 valence electrons. The number of hydrogen-bond donors (Lipinski definition) is 0. The number of rotatable bonds is 4. The molecule has 0 aromatic heterocycles. The third-order valence-corrected chi connectivity index (χ3v) is 5.23. The van der Waals surface area contributed by atoms with Crippen LogP contribution in [-0.4, -0.2) is 55.1 Å². The molecule has 0 saturated carbocycles. The van der Waals surface area contributed by atoms with Crippen molar-refractivity contribution < 1.29 is 22.7 Å². The molecule has 2 rings (SSSR count). The minimum absolute atomic E-state index is 0.0449. The van der Waals surface area contributed by atoms with E-state index in [1.807, 2.05) is 0 Å². The predicted molar refractivity (Wildman–Crippen MR) is 61.6 cm³/mol. The van der Waals surface area contributed by atoms with Gasteiger partial charge in [-0.2, -0.15) is 12.7 Å². The van der Waals surface area contributed by atoms with Crippen LogP contribution in [0.5, 0.6) is 0 Å². The van der Waals surface area contributed by atoms with Crippen LogP contribution in [0.1, 0.15) is 25.7 Å². The van der Waals surface area contributed by atoms with E-state index in [1.165, 1.54) is 11.4 Å². The van der Waals surface area contributed by atoms with Crippen LogP contribution in [0.4, 0.5) is 0 Å². The highest BCUT2D eigenvalue weighted by Crippen LogP contribution is 2.31. The highest BCUT2D eigenvalue weighted by molar-refractivity contribution is 7.87. The molecule has 0 unspecified atom stereocenters. The van der Waals surface area contributed by atoms with Gasteiger partial charge < -0.3 is 4.74 Å². The molecular formula is C10H16N2O5S. The lowest BCUT2D eigenvalue weighted by Crippen LogP contribution is -2.35. The standard InChI is InChI=1S/C10H16N2O5S/c1-17-9(13)5-3-7-12-10(14)8-4-2-6-11(8)18(12,15)16/h8H,2-7H2,1H3/t8-/m0/s1. The summed E-state index contributed by atoms with van der Waals surface area (Å²) in [6.45, 7) is 0.454. The average molecular weight is 276 g/mol. The highest BCUT2D eigenvalue weighted by Gasteiger charge is 2.51. The summed E-state index contributed by atoms with van der Waals surface area (Å²) in [7, 11) is -2.38. The van der Waals surface area contributed by atoms with Crippen LogP contribution in [0.2, 0.25) is 0 Å². The molecule has 2 fully saturated rings. The summed E-state index contributed by atoms with van der Waals surface area (Å²) < 4.78 is 30.7. The van der Waals surface area contributed by atoms with Crippen molar-refractivity contribution in [2.75, 3.05) is 20.2 Å². The Balaban J connectivity index is 2.01. The molecule has 8 heteroatoms. The number of amides is 1. The first-order valence-electron chi connectivity index (χ1n) is 5.88. The van der Waals surface area contributed by atoms with Crippen molar-refractivity contribution in [3.05, 3.63) is 0 Å². The normalized spacial score (nSPS) is 26.4. The van der Waals surface area contributed by atoms with Gasteiger partial charge in [-0.15, -0.1) is 0 Å². The number of ether oxygens (including phenoxy) is 1. The van der Waals surface area contributed by atoms with Gasteiger partial charge in [-0.1, -0.05) is 0 Å². The zero-order chi connectivity index (χ0) is 13.3. The first-order valence-corrected chi connectivity index (χ1v) is 7.28. The summed E-state index contributed by atoms with van der Waals surface area (Å²) in [5.41, 5.74) is 0.